The number of para-hydroxylation sites is 2. The van der Waals surface area contributed by atoms with Gasteiger partial charge >= 0.3 is 0 Å². The van der Waals surface area contributed by atoms with Crippen LogP contribution in [0.1, 0.15) is 23.1 Å². The van der Waals surface area contributed by atoms with E-state index in [-0.39, 0.29) is 18.4 Å². The first-order valence-electron chi connectivity index (χ1n) is 9.76. The number of rotatable bonds is 1. The summed E-state index contributed by atoms with van der Waals surface area (Å²) in [4.78, 5) is 32.9. The highest BCUT2D eigenvalue weighted by atomic mass is 16.3. The van der Waals surface area contributed by atoms with Crippen LogP contribution in [0, 0.1) is 0 Å². The van der Waals surface area contributed by atoms with Crippen molar-refractivity contribution in [1.29, 1.82) is 0 Å². The molecule has 144 valence electrons. The van der Waals surface area contributed by atoms with Gasteiger partial charge in [0.25, 0.3) is 0 Å². The summed E-state index contributed by atoms with van der Waals surface area (Å²) in [5.41, 5.74) is 3.80. The van der Waals surface area contributed by atoms with E-state index in [1.165, 1.54) is 4.90 Å². The fourth-order valence-corrected chi connectivity index (χ4v) is 4.84. The number of nitrogens with one attached hydrogen (secondary N) is 1. The van der Waals surface area contributed by atoms with Gasteiger partial charge in [0.2, 0.25) is 11.8 Å². The fraction of sp³-hybridized carbons (Fsp3) is 0.217. The zero-order chi connectivity index (χ0) is 19.7. The molecule has 0 bridgehead atoms. The number of aromatic nitrogens is 1. The van der Waals surface area contributed by atoms with Gasteiger partial charge in [-0.1, -0.05) is 36.4 Å². The second kappa shape index (κ2) is 5.73. The number of carbonyl (C=O) groups excluding carboxylic acids is 2. The minimum Gasteiger partial charge on any atom is -0.458 e. The molecule has 2 aliphatic heterocycles. The standard InChI is InChI=1S/C23H19N3O3/c1-25-12-20(27)26-17(23(25)28)11-15-14-7-3-4-8-16(14)24-21(15)22(26)19-10-13-6-2-5-9-18(13)29-19/h2-10,17,22,24H,11-12H2,1H3/t17-,22+/m0/s1. The molecule has 1 saturated heterocycles. The number of benzene rings is 2. The Morgan fingerprint density at radius 3 is 2.72 bits per heavy atom. The van der Waals surface area contributed by atoms with Crippen LogP contribution in [-0.4, -0.2) is 46.2 Å². The van der Waals surface area contributed by atoms with E-state index in [0.29, 0.717) is 12.2 Å². The largest absolute Gasteiger partial charge is 0.458 e. The lowest BCUT2D eigenvalue weighted by Crippen LogP contribution is -2.62. The van der Waals surface area contributed by atoms with Gasteiger partial charge in [0.15, 0.2) is 0 Å². The minimum atomic E-state index is -0.522. The van der Waals surface area contributed by atoms with Crippen molar-refractivity contribution in [3.63, 3.8) is 0 Å². The van der Waals surface area contributed by atoms with Crippen LogP contribution >= 0.6 is 0 Å². The summed E-state index contributed by atoms with van der Waals surface area (Å²) >= 11 is 0. The number of hydrogen-bond donors (Lipinski definition) is 1. The third kappa shape index (κ3) is 2.23. The molecular weight excluding hydrogens is 366 g/mol. The zero-order valence-electron chi connectivity index (χ0n) is 15.9. The van der Waals surface area contributed by atoms with Crippen molar-refractivity contribution >= 4 is 33.7 Å². The molecule has 1 N–H and O–H groups in total. The average Bonchev–Trinajstić information content (AvgIpc) is 3.31. The van der Waals surface area contributed by atoms with E-state index >= 15 is 0 Å². The molecule has 4 aromatic rings. The monoisotopic (exact) mass is 385 g/mol. The van der Waals surface area contributed by atoms with Gasteiger partial charge < -0.3 is 19.2 Å². The number of furan rings is 1. The molecule has 6 nitrogen and oxygen atoms in total. The summed E-state index contributed by atoms with van der Waals surface area (Å²) in [6.45, 7) is 0.0849. The highest BCUT2D eigenvalue weighted by molar-refractivity contribution is 5.97. The molecule has 0 spiro atoms. The van der Waals surface area contributed by atoms with Gasteiger partial charge in [-0.2, -0.15) is 0 Å². The predicted octanol–water partition coefficient (Wildman–Crippen LogP) is 3.23. The van der Waals surface area contributed by atoms with Crippen LogP contribution in [0.4, 0.5) is 0 Å². The lowest BCUT2D eigenvalue weighted by molar-refractivity contribution is -0.157. The highest BCUT2D eigenvalue weighted by Crippen LogP contribution is 2.43. The second-order valence-corrected chi connectivity index (χ2v) is 7.87. The summed E-state index contributed by atoms with van der Waals surface area (Å²) in [7, 11) is 1.69. The zero-order valence-corrected chi connectivity index (χ0v) is 15.9. The van der Waals surface area contributed by atoms with Gasteiger partial charge in [0.1, 0.15) is 23.4 Å². The van der Waals surface area contributed by atoms with Crippen LogP contribution in [0.5, 0.6) is 0 Å². The molecule has 0 unspecified atom stereocenters. The number of H-pyrrole nitrogens is 1. The summed E-state index contributed by atoms with van der Waals surface area (Å²) in [6, 6.07) is 16.9. The Labute approximate surface area is 166 Å². The Balaban J connectivity index is 1.62. The Morgan fingerprint density at radius 1 is 1.07 bits per heavy atom. The third-order valence-corrected chi connectivity index (χ3v) is 6.17. The number of hydrogen-bond acceptors (Lipinski definition) is 3. The van der Waals surface area contributed by atoms with Crippen LogP contribution in [0.2, 0.25) is 0 Å². The van der Waals surface area contributed by atoms with Crippen LogP contribution in [0.25, 0.3) is 21.9 Å². The average molecular weight is 385 g/mol. The van der Waals surface area contributed by atoms with Gasteiger partial charge in [-0.3, -0.25) is 9.59 Å². The number of likely N-dealkylation sites (N-methyl/N-ethyl adjacent to an activating group) is 1. The van der Waals surface area contributed by atoms with Gasteiger partial charge in [0, 0.05) is 29.8 Å². The normalized spacial score (nSPS) is 21.7. The molecule has 1 fully saturated rings. The molecule has 6 heteroatoms. The van der Waals surface area contributed by atoms with E-state index in [0.717, 1.165) is 33.1 Å². The first kappa shape index (κ1) is 16.4. The van der Waals surface area contributed by atoms with E-state index in [1.807, 2.05) is 48.5 Å². The highest BCUT2D eigenvalue weighted by Gasteiger charge is 2.48. The topological polar surface area (TPSA) is 69.6 Å². The van der Waals surface area contributed by atoms with Gasteiger partial charge in [0.05, 0.1) is 12.2 Å². The smallest absolute Gasteiger partial charge is 0.245 e. The number of carbonyl (C=O) groups is 2. The van der Waals surface area contributed by atoms with E-state index in [9.17, 15) is 9.59 Å². The number of fused-ring (bicyclic) bond motifs is 5. The maximum Gasteiger partial charge on any atom is 0.245 e. The van der Waals surface area contributed by atoms with Gasteiger partial charge in [-0.15, -0.1) is 0 Å². The lowest BCUT2D eigenvalue weighted by atomic mass is 9.88. The second-order valence-electron chi connectivity index (χ2n) is 7.87. The molecule has 0 saturated carbocycles. The number of nitrogens with zero attached hydrogens (tertiary/aromatic N) is 2. The molecule has 6 rings (SSSR count). The van der Waals surface area contributed by atoms with Crippen molar-refractivity contribution in [2.24, 2.45) is 0 Å². The van der Waals surface area contributed by atoms with Crippen molar-refractivity contribution in [2.45, 2.75) is 18.5 Å². The maximum absolute atomic E-state index is 13.1. The molecular formula is C23H19N3O3. The maximum atomic E-state index is 13.1. The van der Waals surface area contributed by atoms with E-state index < -0.39 is 12.1 Å². The molecule has 4 heterocycles. The van der Waals surface area contributed by atoms with Crippen LogP contribution in [0.15, 0.2) is 59.0 Å². The third-order valence-electron chi connectivity index (χ3n) is 6.17. The first-order valence-corrected chi connectivity index (χ1v) is 9.76. The predicted molar refractivity (Wildman–Crippen MR) is 108 cm³/mol. The summed E-state index contributed by atoms with van der Waals surface area (Å²) < 4.78 is 6.18. The SMILES string of the molecule is CN1CC(=O)N2[C@H](c3cc4ccccc4o3)c3[nH]c4ccccc4c3C[C@H]2C1=O. The van der Waals surface area contributed by atoms with E-state index in [4.69, 9.17) is 4.42 Å². The van der Waals surface area contributed by atoms with Crippen molar-refractivity contribution in [2.75, 3.05) is 13.6 Å². The Hall–Kier alpha value is -3.54. The molecule has 2 atom stereocenters. The minimum absolute atomic E-state index is 0.0263. The fourth-order valence-electron chi connectivity index (χ4n) is 4.84. The van der Waals surface area contributed by atoms with Crippen molar-refractivity contribution in [3.05, 3.63) is 71.6 Å². The van der Waals surface area contributed by atoms with E-state index in [2.05, 4.69) is 11.1 Å². The number of aromatic amines is 1. The number of amides is 2. The number of piperazine rings is 1. The van der Waals surface area contributed by atoms with Crippen LogP contribution in [-0.2, 0) is 16.0 Å². The Bertz CT molecular complexity index is 1270. The molecule has 2 aromatic heterocycles. The Kier molecular flexibility index (Phi) is 3.25. The molecule has 0 radical (unpaired) electrons. The van der Waals surface area contributed by atoms with Crippen molar-refractivity contribution in [1.82, 2.24) is 14.8 Å². The quantitative estimate of drug-likeness (QED) is 0.547. The van der Waals surface area contributed by atoms with Crippen LogP contribution in [0.3, 0.4) is 0 Å². The first-order chi connectivity index (χ1) is 14.1. The van der Waals surface area contributed by atoms with Gasteiger partial charge in [-0.05, 0) is 23.8 Å². The molecule has 2 amide bonds. The molecule has 0 aliphatic carbocycles. The molecule has 29 heavy (non-hydrogen) atoms. The summed E-state index contributed by atoms with van der Waals surface area (Å²) in [6.07, 6.45) is 0.505. The molecule has 2 aromatic carbocycles. The lowest BCUT2D eigenvalue weighted by Gasteiger charge is -2.45. The summed E-state index contributed by atoms with van der Waals surface area (Å²) in [5.74, 6) is 0.586. The molecule has 2 aliphatic rings. The van der Waals surface area contributed by atoms with Crippen molar-refractivity contribution < 1.29 is 14.0 Å². The van der Waals surface area contributed by atoms with Crippen LogP contribution < -0.4 is 0 Å². The van der Waals surface area contributed by atoms with Gasteiger partial charge in [-0.25, -0.2) is 0 Å². The summed E-state index contributed by atoms with van der Waals surface area (Å²) in [5, 5.41) is 2.08. The Morgan fingerprint density at radius 2 is 1.86 bits per heavy atom. The van der Waals surface area contributed by atoms with Crippen molar-refractivity contribution in [3.8, 4) is 0 Å². The van der Waals surface area contributed by atoms with E-state index in [1.54, 1.807) is 11.9 Å².